The van der Waals surface area contributed by atoms with Gasteiger partial charge in [-0.1, -0.05) is 35.5 Å². The second-order valence-electron chi connectivity index (χ2n) is 6.12. The number of aromatic nitrogens is 2. The zero-order chi connectivity index (χ0) is 16.1. The number of hydrogen-bond donors (Lipinski definition) is 1. The van der Waals surface area contributed by atoms with Gasteiger partial charge >= 0.3 is 0 Å². The lowest BCUT2D eigenvalue weighted by Crippen LogP contribution is -2.27. The fourth-order valence-electron chi connectivity index (χ4n) is 3.04. The van der Waals surface area contributed by atoms with Crippen LogP contribution in [0.2, 0.25) is 0 Å². The van der Waals surface area contributed by atoms with E-state index in [-0.39, 0.29) is 11.6 Å². The van der Waals surface area contributed by atoms with Crippen molar-refractivity contribution in [2.75, 3.05) is 19.6 Å². The van der Waals surface area contributed by atoms with Crippen LogP contribution in [-0.2, 0) is 6.54 Å². The molecule has 1 atom stereocenters. The number of benzene rings is 1. The van der Waals surface area contributed by atoms with E-state index in [0.717, 1.165) is 26.1 Å². The zero-order valence-corrected chi connectivity index (χ0v) is 13.4. The number of nitrogens with zero attached hydrogens (tertiary/aromatic N) is 3. The van der Waals surface area contributed by atoms with Crippen LogP contribution in [0.5, 0.6) is 0 Å². The van der Waals surface area contributed by atoms with Crippen LogP contribution >= 0.6 is 0 Å². The Labute approximate surface area is 135 Å². The van der Waals surface area contributed by atoms with E-state index >= 15 is 0 Å². The highest BCUT2D eigenvalue weighted by molar-refractivity contribution is 5.92. The van der Waals surface area contributed by atoms with Gasteiger partial charge < -0.3 is 5.32 Å². The summed E-state index contributed by atoms with van der Waals surface area (Å²) in [7, 11) is 0. The summed E-state index contributed by atoms with van der Waals surface area (Å²) in [6.07, 6.45) is 2.18. The summed E-state index contributed by atoms with van der Waals surface area (Å²) in [6, 6.07) is 10.5. The van der Waals surface area contributed by atoms with Gasteiger partial charge in [0, 0.05) is 19.6 Å². The monoisotopic (exact) mass is 314 g/mol. The van der Waals surface area contributed by atoms with Gasteiger partial charge in [0.15, 0.2) is 5.69 Å². The molecule has 1 amide bonds. The van der Waals surface area contributed by atoms with Gasteiger partial charge in [-0.2, -0.15) is 0 Å². The summed E-state index contributed by atoms with van der Waals surface area (Å²) in [5.74, 6) is 0.429. The molecule has 122 valence electrons. The van der Waals surface area contributed by atoms with Gasteiger partial charge in [-0.05, 0) is 42.9 Å². The summed E-state index contributed by atoms with van der Waals surface area (Å²) in [6.45, 7) is 5.60. The first-order chi connectivity index (χ1) is 11.2. The van der Waals surface area contributed by atoms with Crippen molar-refractivity contribution in [1.82, 2.24) is 20.5 Å². The molecular formula is C17H22N4O2. The maximum Gasteiger partial charge on any atom is 0.275 e. The topological polar surface area (TPSA) is 71.3 Å². The lowest BCUT2D eigenvalue weighted by molar-refractivity contribution is 0.0941. The molecule has 1 saturated heterocycles. The van der Waals surface area contributed by atoms with Gasteiger partial charge in [-0.25, -0.2) is 4.63 Å². The fraction of sp³-hybridized carbons (Fsp3) is 0.471. The number of carbonyl (C=O) groups is 1. The normalized spacial score (nSPS) is 18.2. The Morgan fingerprint density at radius 2 is 2.17 bits per heavy atom. The van der Waals surface area contributed by atoms with Crippen LogP contribution in [0, 0.1) is 12.8 Å². The summed E-state index contributed by atoms with van der Waals surface area (Å²) in [4.78, 5) is 14.4. The summed E-state index contributed by atoms with van der Waals surface area (Å²) in [5, 5.41) is 10.1. The average molecular weight is 314 g/mol. The van der Waals surface area contributed by atoms with Crippen LogP contribution in [0.15, 0.2) is 35.0 Å². The van der Waals surface area contributed by atoms with Crippen LogP contribution < -0.4 is 5.32 Å². The van der Waals surface area contributed by atoms with Gasteiger partial charge in [-0.15, -0.1) is 0 Å². The lowest BCUT2D eigenvalue weighted by Gasteiger charge is -2.16. The number of carbonyl (C=O) groups excluding carboxylic acids is 1. The van der Waals surface area contributed by atoms with Crippen molar-refractivity contribution in [3.8, 4) is 0 Å². The van der Waals surface area contributed by atoms with Crippen LogP contribution in [-0.4, -0.2) is 40.8 Å². The molecule has 6 nitrogen and oxygen atoms in total. The SMILES string of the molecule is Cc1nonc1C(=O)NCC[C@H]1CCN(Cc2ccccc2)C1. The lowest BCUT2D eigenvalue weighted by atomic mass is 10.1. The molecule has 0 spiro atoms. The van der Waals surface area contributed by atoms with Crippen LogP contribution in [0.1, 0.15) is 34.6 Å². The molecular weight excluding hydrogens is 292 g/mol. The van der Waals surface area contributed by atoms with Crippen molar-refractivity contribution < 1.29 is 9.42 Å². The standard InChI is InChI=1S/C17H22N4O2/c1-13-16(20-23-19-13)17(22)18-9-7-15-8-10-21(12-15)11-14-5-3-2-4-6-14/h2-6,15H,7-12H2,1H3,(H,18,22)/t15-/m0/s1. The van der Waals surface area contributed by atoms with E-state index in [0.29, 0.717) is 18.2 Å². The molecule has 1 aliphatic rings. The molecule has 2 aromatic rings. The second kappa shape index (κ2) is 7.37. The van der Waals surface area contributed by atoms with Crippen LogP contribution in [0.4, 0.5) is 0 Å². The summed E-state index contributed by atoms with van der Waals surface area (Å²) in [5.41, 5.74) is 2.16. The third kappa shape index (κ3) is 4.16. The first kappa shape index (κ1) is 15.7. The number of likely N-dealkylation sites (tertiary alicyclic amines) is 1. The zero-order valence-electron chi connectivity index (χ0n) is 13.4. The highest BCUT2D eigenvalue weighted by atomic mass is 16.6. The highest BCUT2D eigenvalue weighted by Gasteiger charge is 2.22. The van der Waals surface area contributed by atoms with E-state index in [1.807, 2.05) is 6.07 Å². The Kier molecular flexibility index (Phi) is 5.02. The minimum Gasteiger partial charge on any atom is -0.351 e. The molecule has 1 fully saturated rings. The molecule has 1 aliphatic heterocycles. The number of amides is 1. The molecule has 0 bridgehead atoms. The number of aryl methyl sites for hydroxylation is 1. The largest absolute Gasteiger partial charge is 0.351 e. The Bertz CT molecular complexity index is 641. The number of rotatable bonds is 6. The molecule has 1 aromatic carbocycles. The van der Waals surface area contributed by atoms with Crippen molar-refractivity contribution in [1.29, 1.82) is 0 Å². The Morgan fingerprint density at radius 3 is 2.91 bits per heavy atom. The van der Waals surface area contributed by atoms with Gasteiger partial charge in [-0.3, -0.25) is 9.69 Å². The predicted octanol–water partition coefficient (Wildman–Crippen LogP) is 2.02. The van der Waals surface area contributed by atoms with Crippen molar-refractivity contribution in [2.45, 2.75) is 26.3 Å². The summed E-state index contributed by atoms with van der Waals surface area (Å²) < 4.78 is 4.55. The molecule has 23 heavy (non-hydrogen) atoms. The van der Waals surface area contributed by atoms with Crippen molar-refractivity contribution in [3.05, 3.63) is 47.3 Å². The summed E-state index contributed by atoms with van der Waals surface area (Å²) >= 11 is 0. The molecule has 1 N–H and O–H groups in total. The molecule has 0 saturated carbocycles. The van der Waals surface area contributed by atoms with Crippen molar-refractivity contribution in [3.63, 3.8) is 0 Å². The number of hydrogen-bond acceptors (Lipinski definition) is 5. The van der Waals surface area contributed by atoms with E-state index in [1.54, 1.807) is 6.92 Å². The Morgan fingerprint density at radius 1 is 1.35 bits per heavy atom. The maximum atomic E-state index is 11.9. The predicted molar refractivity (Wildman–Crippen MR) is 85.8 cm³/mol. The molecule has 6 heteroatoms. The second-order valence-corrected chi connectivity index (χ2v) is 6.12. The average Bonchev–Trinajstić information content (AvgIpc) is 3.17. The van der Waals surface area contributed by atoms with E-state index in [4.69, 9.17) is 0 Å². The minimum absolute atomic E-state index is 0.206. The smallest absolute Gasteiger partial charge is 0.275 e. The van der Waals surface area contributed by atoms with Gasteiger partial charge in [0.2, 0.25) is 0 Å². The van der Waals surface area contributed by atoms with Gasteiger partial charge in [0.1, 0.15) is 5.69 Å². The first-order valence-corrected chi connectivity index (χ1v) is 8.06. The van der Waals surface area contributed by atoms with Crippen LogP contribution in [0.25, 0.3) is 0 Å². The molecule has 0 aliphatic carbocycles. The van der Waals surface area contributed by atoms with Gasteiger partial charge in [0.25, 0.3) is 5.91 Å². The van der Waals surface area contributed by atoms with E-state index < -0.39 is 0 Å². The quantitative estimate of drug-likeness (QED) is 0.883. The molecule has 1 aromatic heterocycles. The van der Waals surface area contributed by atoms with Crippen molar-refractivity contribution in [2.24, 2.45) is 5.92 Å². The minimum atomic E-state index is -0.206. The van der Waals surface area contributed by atoms with Gasteiger partial charge in [0.05, 0.1) is 0 Å². The van der Waals surface area contributed by atoms with Crippen molar-refractivity contribution >= 4 is 5.91 Å². The third-order valence-corrected chi connectivity index (χ3v) is 4.32. The molecule has 0 unspecified atom stereocenters. The number of nitrogens with one attached hydrogen (secondary N) is 1. The first-order valence-electron chi connectivity index (χ1n) is 8.06. The maximum absolute atomic E-state index is 11.9. The highest BCUT2D eigenvalue weighted by Crippen LogP contribution is 2.21. The Hall–Kier alpha value is -2.21. The van der Waals surface area contributed by atoms with E-state index in [1.165, 1.54) is 12.0 Å². The van der Waals surface area contributed by atoms with E-state index in [2.05, 4.69) is 49.4 Å². The Balaban J connectivity index is 1.39. The van der Waals surface area contributed by atoms with E-state index in [9.17, 15) is 4.79 Å². The molecule has 2 heterocycles. The van der Waals surface area contributed by atoms with Crippen LogP contribution in [0.3, 0.4) is 0 Å². The molecule has 3 rings (SSSR count). The fourth-order valence-corrected chi connectivity index (χ4v) is 3.04. The third-order valence-electron chi connectivity index (χ3n) is 4.32. The molecule has 0 radical (unpaired) electrons.